The van der Waals surface area contributed by atoms with Crippen LogP contribution in [-0.4, -0.2) is 78.1 Å². The number of piperazine rings is 1. The molecule has 1 aliphatic heterocycles. The fourth-order valence-corrected chi connectivity index (χ4v) is 2.66. The molecule has 6 heteroatoms. The summed E-state index contributed by atoms with van der Waals surface area (Å²) in [6, 6.07) is 5.79. The lowest BCUT2D eigenvalue weighted by Gasteiger charge is -2.36. The zero-order valence-electron chi connectivity index (χ0n) is 13.7. The molecule has 2 N–H and O–H groups in total. The monoisotopic (exact) mass is 326 g/mol. The standard InChI is InChI=1S/C17H27FN2O3/c1-2-15(21)11-19-7-9-20(10-8-19)12-16(22)13-23-17-5-3-14(18)4-6-17/h3-6,15-16,21-22H,2,7-13H2,1H3. The predicted molar refractivity (Wildman–Crippen MR) is 87.1 cm³/mol. The first kappa shape index (κ1) is 18.1. The van der Waals surface area contributed by atoms with E-state index in [1.165, 1.54) is 12.1 Å². The van der Waals surface area contributed by atoms with Gasteiger partial charge in [-0.05, 0) is 30.7 Å². The molecule has 5 nitrogen and oxygen atoms in total. The molecule has 0 aliphatic carbocycles. The Hall–Kier alpha value is -1.21. The molecule has 0 radical (unpaired) electrons. The smallest absolute Gasteiger partial charge is 0.123 e. The maximum atomic E-state index is 12.8. The van der Waals surface area contributed by atoms with Crippen LogP contribution in [0.25, 0.3) is 0 Å². The van der Waals surface area contributed by atoms with E-state index in [2.05, 4.69) is 9.80 Å². The first-order chi connectivity index (χ1) is 11.1. The Kier molecular flexibility index (Phi) is 7.23. The highest BCUT2D eigenvalue weighted by atomic mass is 19.1. The van der Waals surface area contributed by atoms with E-state index in [1.54, 1.807) is 12.1 Å². The number of nitrogens with zero attached hydrogens (tertiary/aromatic N) is 2. The first-order valence-electron chi connectivity index (χ1n) is 8.26. The van der Waals surface area contributed by atoms with E-state index in [9.17, 15) is 14.6 Å². The molecule has 1 saturated heterocycles. The molecule has 1 heterocycles. The molecule has 1 fully saturated rings. The van der Waals surface area contributed by atoms with Crippen molar-refractivity contribution < 1.29 is 19.3 Å². The number of aliphatic hydroxyl groups is 2. The van der Waals surface area contributed by atoms with E-state index in [0.717, 1.165) is 39.1 Å². The molecule has 1 aliphatic rings. The number of halogens is 1. The summed E-state index contributed by atoms with van der Waals surface area (Å²) >= 11 is 0. The van der Waals surface area contributed by atoms with Gasteiger partial charge in [-0.1, -0.05) is 6.92 Å². The molecular weight excluding hydrogens is 299 g/mol. The summed E-state index contributed by atoms with van der Waals surface area (Å²) in [4.78, 5) is 4.46. The molecule has 2 atom stereocenters. The van der Waals surface area contributed by atoms with Crippen LogP contribution in [-0.2, 0) is 0 Å². The summed E-state index contributed by atoms with van der Waals surface area (Å²) in [6.07, 6.45) is -0.0521. The third kappa shape index (κ3) is 6.43. The van der Waals surface area contributed by atoms with Crippen molar-refractivity contribution in [1.29, 1.82) is 0 Å². The molecule has 0 bridgehead atoms. The van der Waals surface area contributed by atoms with Crippen molar-refractivity contribution in [3.63, 3.8) is 0 Å². The maximum absolute atomic E-state index is 12.8. The molecule has 1 aromatic rings. The first-order valence-corrected chi connectivity index (χ1v) is 8.26. The van der Waals surface area contributed by atoms with E-state index in [4.69, 9.17) is 4.74 Å². The largest absolute Gasteiger partial charge is 0.491 e. The second kappa shape index (κ2) is 9.17. The van der Waals surface area contributed by atoms with E-state index >= 15 is 0 Å². The molecule has 1 aromatic carbocycles. The summed E-state index contributed by atoms with van der Waals surface area (Å²) in [7, 11) is 0. The van der Waals surface area contributed by atoms with Gasteiger partial charge < -0.3 is 14.9 Å². The Morgan fingerprint density at radius 2 is 1.52 bits per heavy atom. The Labute approximate surface area is 137 Å². The van der Waals surface area contributed by atoms with Gasteiger partial charge in [0, 0.05) is 39.3 Å². The summed E-state index contributed by atoms with van der Waals surface area (Å²) < 4.78 is 18.3. The number of benzene rings is 1. The van der Waals surface area contributed by atoms with Crippen molar-refractivity contribution in [2.75, 3.05) is 45.9 Å². The van der Waals surface area contributed by atoms with Crippen molar-refractivity contribution in [3.05, 3.63) is 30.1 Å². The number of aliphatic hydroxyl groups excluding tert-OH is 2. The lowest BCUT2D eigenvalue weighted by molar-refractivity contribution is 0.0328. The van der Waals surface area contributed by atoms with E-state index in [0.29, 0.717) is 12.3 Å². The number of ether oxygens (including phenoxy) is 1. The minimum absolute atomic E-state index is 0.195. The topological polar surface area (TPSA) is 56.2 Å². The Morgan fingerprint density at radius 1 is 1.00 bits per heavy atom. The van der Waals surface area contributed by atoms with Crippen LogP contribution in [0, 0.1) is 5.82 Å². The fraction of sp³-hybridized carbons (Fsp3) is 0.647. The van der Waals surface area contributed by atoms with Crippen LogP contribution >= 0.6 is 0 Å². The highest BCUT2D eigenvalue weighted by molar-refractivity contribution is 5.22. The van der Waals surface area contributed by atoms with Crippen LogP contribution < -0.4 is 4.74 Å². The second-order valence-corrected chi connectivity index (χ2v) is 6.08. The van der Waals surface area contributed by atoms with Gasteiger partial charge >= 0.3 is 0 Å². The normalized spacial score (nSPS) is 19.5. The quantitative estimate of drug-likeness (QED) is 0.745. The van der Waals surface area contributed by atoms with Gasteiger partial charge in [0.2, 0.25) is 0 Å². The molecule has 2 unspecified atom stereocenters. The van der Waals surface area contributed by atoms with Gasteiger partial charge in [-0.15, -0.1) is 0 Å². The molecule has 2 rings (SSSR count). The van der Waals surface area contributed by atoms with Crippen molar-refractivity contribution in [1.82, 2.24) is 9.80 Å². The van der Waals surface area contributed by atoms with Crippen LogP contribution in [0.15, 0.2) is 24.3 Å². The minimum atomic E-state index is -0.576. The van der Waals surface area contributed by atoms with Crippen LogP contribution in [0.5, 0.6) is 5.75 Å². The Morgan fingerprint density at radius 3 is 2.04 bits per heavy atom. The molecule has 23 heavy (non-hydrogen) atoms. The molecule has 0 amide bonds. The molecular formula is C17H27FN2O3. The van der Waals surface area contributed by atoms with Gasteiger partial charge in [-0.25, -0.2) is 4.39 Å². The van der Waals surface area contributed by atoms with E-state index < -0.39 is 6.10 Å². The predicted octanol–water partition coefficient (Wildman–Crippen LogP) is 0.954. The molecule has 0 saturated carbocycles. The number of rotatable bonds is 8. The summed E-state index contributed by atoms with van der Waals surface area (Å²) in [5.41, 5.74) is 0. The van der Waals surface area contributed by atoms with Gasteiger partial charge in [0.05, 0.1) is 6.10 Å². The maximum Gasteiger partial charge on any atom is 0.123 e. The third-order valence-corrected chi connectivity index (χ3v) is 4.13. The SMILES string of the molecule is CCC(O)CN1CCN(CC(O)COc2ccc(F)cc2)CC1. The molecule has 0 spiro atoms. The van der Waals surface area contributed by atoms with Gasteiger partial charge in [0.15, 0.2) is 0 Å². The summed E-state index contributed by atoms with van der Waals surface area (Å²) in [5.74, 6) is 0.257. The van der Waals surface area contributed by atoms with E-state index in [1.807, 2.05) is 6.92 Å². The van der Waals surface area contributed by atoms with Crippen LogP contribution in [0.2, 0.25) is 0 Å². The van der Waals surface area contributed by atoms with Crippen LogP contribution in [0.1, 0.15) is 13.3 Å². The van der Waals surface area contributed by atoms with E-state index in [-0.39, 0.29) is 18.5 Å². The van der Waals surface area contributed by atoms with Gasteiger partial charge in [0.25, 0.3) is 0 Å². The van der Waals surface area contributed by atoms with Crippen molar-refractivity contribution in [2.24, 2.45) is 0 Å². The average molecular weight is 326 g/mol. The zero-order valence-corrected chi connectivity index (χ0v) is 13.7. The Bertz CT molecular complexity index is 450. The highest BCUT2D eigenvalue weighted by Crippen LogP contribution is 2.12. The van der Waals surface area contributed by atoms with Crippen molar-refractivity contribution in [3.8, 4) is 5.75 Å². The molecule has 0 aromatic heterocycles. The van der Waals surface area contributed by atoms with Gasteiger partial charge in [-0.3, -0.25) is 9.80 Å². The lowest BCUT2D eigenvalue weighted by Crippen LogP contribution is -2.50. The fourth-order valence-electron chi connectivity index (χ4n) is 2.66. The van der Waals surface area contributed by atoms with Crippen molar-refractivity contribution in [2.45, 2.75) is 25.6 Å². The lowest BCUT2D eigenvalue weighted by atomic mass is 10.2. The second-order valence-electron chi connectivity index (χ2n) is 6.08. The summed E-state index contributed by atoms with van der Waals surface area (Å²) in [5, 5.41) is 19.8. The number of β-amino-alcohol motifs (C(OH)–C–C–N with tert-alkyl or cyclic N) is 2. The van der Waals surface area contributed by atoms with Crippen LogP contribution in [0.4, 0.5) is 4.39 Å². The zero-order chi connectivity index (χ0) is 16.7. The minimum Gasteiger partial charge on any atom is -0.491 e. The van der Waals surface area contributed by atoms with Crippen molar-refractivity contribution >= 4 is 0 Å². The summed E-state index contributed by atoms with van der Waals surface area (Å²) in [6.45, 7) is 7.03. The van der Waals surface area contributed by atoms with Gasteiger partial charge in [0.1, 0.15) is 24.3 Å². The van der Waals surface area contributed by atoms with Gasteiger partial charge in [-0.2, -0.15) is 0 Å². The highest BCUT2D eigenvalue weighted by Gasteiger charge is 2.20. The number of hydrogen-bond acceptors (Lipinski definition) is 5. The number of hydrogen-bond donors (Lipinski definition) is 2. The average Bonchev–Trinajstić information content (AvgIpc) is 2.56. The van der Waals surface area contributed by atoms with Crippen LogP contribution in [0.3, 0.4) is 0 Å². The third-order valence-electron chi connectivity index (χ3n) is 4.13. The Balaban J connectivity index is 1.64. The molecule has 130 valence electrons.